The molecule has 3 aliphatic heterocycles. The molecule has 2 N–H and O–H groups in total. The molecular weight excluding hydrogens is 913 g/mol. The Bertz CT molecular complexity index is 1950. The van der Waals surface area contributed by atoms with E-state index >= 15 is 0 Å². The molecule has 1 saturated carbocycles. The van der Waals surface area contributed by atoms with E-state index in [0.29, 0.717) is 69.8 Å². The summed E-state index contributed by atoms with van der Waals surface area (Å²) in [6, 6.07) is -1.17. The first-order chi connectivity index (χ1) is 33.5. The third kappa shape index (κ3) is 16.6. The second-order valence-corrected chi connectivity index (χ2v) is 21.3. The number of allylic oxidation sites excluding steroid dienone is 6. The SMILES string of the molecule is COC1CC2CCC(C)[C@](O)(O2)C(=O)C(=O)N2CCCCC2C(=O)OC(C(C)CC2CCC(O)C(OC)C2)CC(=O)C(C)C=C(C)C(OC(=O)CN(C)C)C(OC)C(=O)C(C)CC(C)/C=C\C=CC=C1C. The minimum atomic E-state index is -2.45. The number of Topliss-reactive ketones (excluding diaryl/α,β-unsaturated/α-hetero) is 3. The van der Waals surface area contributed by atoms with Gasteiger partial charge in [0.1, 0.15) is 17.9 Å². The molecule has 2 saturated heterocycles. The number of piperidine rings is 1. The number of ether oxygens (including phenoxy) is 6. The van der Waals surface area contributed by atoms with Gasteiger partial charge in [0, 0.05) is 58.5 Å². The first-order valence-electron chi connectivity index (χ1n) is 25.9. The Morgan fingerprint density at radius 3 is 2.25 bits per heavy atom. The molecule has 14 unspecified atom stereocenters. The summed E-state index contributed by atoms with van der Waals surface area (Å²) < 4.78 is 35.8. The predicted molar refractivity (Wildman–Crippen MR) is 268 cm³/mol. The maximum absolute atomic E-state index is 14.5. The van der Waals surface area contributed by atoms with Crippen LogP contribution >= 0.6 is 0 Å². The maximum atomic E-state index is 14.5. The van der Waals surface area contributed by atoms with Crippen LogP contribution in [0.15, 0.2) is 47.6 Å². The number of rotatable bonds is 9. The largest absolute Gasteiger partial charge is 0.460 e. The van der Waals surface area contributed by atoms with Crippen LogP contribution in [0.4, 0.5) is 0 Å². The lowest BCUT2D eigenvalue weighted by molar-refractivity contribution is -0.265. The van der Waals surface area contributed by atoms with E-state index in [4.69, 9.17) is 28.4 Å². The second-order valence-electron chi connectivity index (χ2n) is 21.3. The number of methoxy groups -OCH3 is 3. The van der Waals surface area contributed by atoms with Gasteiger partial charge in [0.25, 0.3) is 11.7 Å². The van der Waals surface area contributed by atoms with Gasteiger partial charge in [-0.15, -0.1) is 0 Å². The van der Waals surface area contributed by atoms with Crippen molar-refractivity contribution in [2.24, 2.45) is 35.5 Å². The number of esters is 2. The van der Waals surface area contributed by atoms with Crippen molar-refractivity contribution in [3.05, 3.63) is 47.6 Å². The highest BCUT2D eigenvalue weighted by molar-refractivity contribution is 6.39. The van der Waals surface area contributed by atoms with Crippen LogP contribution in [0.25, 0.3) is 0 Å². The number of ketones is 3. The number of aliphatic hydroxyl groups is 2. The van der Waals surface area contributed by atoms with Crippen LogP contribution < -0.4 is 0 Å². The Kier molecular flexibility index (Phi) is 23.5. The lowest BCUT2D eigenvalue weighted by Gasteiger charge is -2.42. The summed E-state index contributed by atoms with van der Waals surface area (Å²) in [6.45, 7) is 12.7. The standard InChI is InChI=1S/C55H86N2O14/c1-33-18-14-13-15-19-34(2)45(66-10)30-41-23-21-39(7)55(65,71-41)52(62)53(63)57-25-17-16-20-42(57)54(64)69-46(36(4)28-40-22-24-43(58)47(29-40)67-11)31-44(59)35(3)27-38(6)50(70-48(60)32-56(8)9)51(68-12)49(61)37(5)26-33/h13-15,18-19,27,33,35-37,39-43,45-47,50-51,58,65H,16-17,20-26,28-32H2,1-12H3/b15-13?,18-14-,34-19?,38-27?/t33?,35?,36?,37?,39?,40?,41?,42?,43?,45?,46?,47?,50?,51?,55-/m0/s1. The molecule has 2 bridgehead atoms. The summed E-state index contributed by atoms with van der Waals surface area (Å²) in [7, 11) is 7.98. The van der Waals surface area contributed by atoms with Crippen LogP contribution in [0.2, 0.25) is 0 Å². The molecule has 3 heterocycles. The quantitative estimate of drug-likeness (QED) is 0.148. The molecule has 1 aliphatic carbocycles. The molecule has 400 valence electrons. The third-order valence-corrected chi connectivity index (χ3v) is 15.2. The topological polar surface area (TPSA) is 205 Å². The maximum Gasteiger partial charge on any atom is 0.329 e. The van der Waals surface area contributed by atoms with Gasteiger partial charge in [0.15, 0.2) is 18.0 Å². The van der Waals surface area contributed by atoms with Gasteiger partial charge < -0.3 is 43.5 Å². The number of likely N-dealkylation sites (N-methyl/N-ethyl adjacent to an activating group) is 1. The summed E-state index contributed by atoms with van der Waals surface area (Å²) in [5, 5.41) is 22.6. The van der Waals surface area contributed by atoms with E-state index in [9.17, 15) is 39.0 Å². The first-order valence-corrected chi connectivity index (χ1v) is 25.9. The predicted octanol–water partition coefficient (Wildman–Crippen LogP) is 6.29. The summed E-state index contributed by atoms with van der Waals surface area (Å²) in [5.74, 6) is -8.85. The fourth-order valence-electron chi connectivity index (χ4n) is 10.7. The zero-order chi connectivity index (χ0) is 52.7. The van der Waals surface area contributed by atoms with Gasteiger partial charge in [0.05, 0.1) is 31.0 Å². The summed E-state index contributed by atoms with van der Waals surface area (Å²) in [6.07, 6.45) is 11.0. The van der Waals surface area contributed by atoms with Crippen LogP contribution in [0.1, 0.15) is 126 Å². The smallest absolute Gasteiger partial charge is 0.329 e. The van der Waals surface area contributed by atoms with Crippen molar-refractivity contribution in [2.75, 3.05) is 48.5 Å². The number of nitrogens with zero attached hydrogens (tertiary/aromatic N) is 2. The lowest BCUT2D eigenvalue weighted by atomic mass is 9.78. The molecule has 4 rings (SSSR count). The molecule has 0 aromatic heterocycles. The van der Waals surface area contributed by atoms with Gasteiger partial charge in [-0.3, -0.25) is 28.9 Å². The fourth-order valence-corrected chi connectivity index (χ4v) is 10.7. The molecule has 0 aromatic rings. The molecule has 0 radical (unpaired) electrons. The van der Waals surface area contributed by atoms with E-state index in [0.717, 1.165) is 5.57 Å². The Morgan fingerprint density at radius 1 is 0.873 bits per heavy atom. The van der Waals surface area contributed by atoms with Crippen LogP contribution in [-0.2, 0) is 57.2 Å². The zero-order valence-corrected chi connectivity index (χ0v) is 44.6. The van der Waals surface area contributed by atoms with Gasteiger partial charge in [-0.1, -0.05) is 71.1 Å². The van der Waals surface area contributed by atoms with Crippen molar-refractivity contribution in [2.45, 2.75) is 180 Å². The number of fused-ring (bicyclic) bond motifs is 3. The highest BCUT2D eigenvalue weighted by Crippen LogP contribution is 2.38. The molecule has 4 aliphatic rings. The number of carbonyl (C=O) groups excluding carboxylic acids is 6. The molecule has 15 atom stereocenters. The van der Waals surface area contributed by atoms with Gasteiger partial charge >= 0.3 is 11.9 Å². The average molecular weight is 999 g/mol. The summed E-state index contributed by atoms with van der Waals surface area (Å²) in [4.78, 5) is 87.9. The highest BCUT2D eigenvalue weighted by atomic mass is 16.6. The van der Waals surface area contributed by atoms with E-state index in [1.54, 1.807) is 60.1 Å². The monoisotopic (exact) mass is 999 g/mol. The highest BCUT2D eigenvalue weighted by Gasteiger charge is 2.53. The number of aliphatic hydroxyl groups excluding tert-OH is 1. The Balaban J connectivity index is 1.77. The van der Waals surface area contributed by atoms with E-state index in [2.05, 4.69) is 0 Å². The van der Waals surface area contributed by atoms with Crippen molar-refractivity contribution in [3.63, 3.8) is 0 Å². The molecule has 3 fully saturated rings. The van der Waals surface area contributed by atoms with Crippen molar-refractivity contribution >= 4 is 35.2 Å². The van der Waals surface area contributed by atoms with E-state index < -0.39 is 89.8 Å². The Hall–Kier alpha value is -3.90. The minimum Gasteiger partial charge on any atom is -0.460 e. The molecule has 16 nitrogen and oxygen atoms in total. The van der Waals surface area contributed by atoms with Crippen molar-refractivity contribution in [3.8, 4) is 0 Å². The normalized spacial score (nSPS) is 36.1. The van der Waals surface area contributed by atoms with Gasteiger partial charge in [0.2, 0.25) is 5.79 Å². The van der Waals surface area contributed by atoms with E-state index in [-0.39, 0.29) is 61.4 Å². The number of hydrogen-bond donors (Lipinski definition) is 2. The number of amides is 1. The average Bonchev–Trinajstić information content (AvgIpc) is 3.32. The summed E-state index contributed by atoms with van der Waals surface area (Å²) >= 11 is 0. The molecule has 71 heavy (non-hydrogen) atoms. The van der Waals surface area contributed by atoms with Gasteiger partial charge in [-0.25, -0.2) is 4.79 Å². The van der Waals surface area contributed by atoms with Crippen LogP contribution in [0.3, 0.4) is 0 Å². The molecule has 0 spiro atoms. The van der Waals surface area contributed by atoms with Crippen LogP contribution in [0.5, 0.6) is 0 Å². The number of cyclic esters (lactones) is 1. The van der Waals surface area contributed by atoms with E-state index in [1.165, 1.54) is 12.0 Å². The van der Waals surface area contributed by atoms with Crippen molar-refractivity contribution in [1.29, 1.82) is 0 Å². The number of carbonyl (C=O) groups is 6. The minimum absolute atomic E-state index is 0.0246. The fraction of sp³-hybridized carbons (Fsp3) is 0.745. The Morgan fingerprint density at radius 2 is 1.59 bits per heavy atom. The molecule has 0 aromatic carbocycles. The van der Waals surface area contributed by atoms with E-state index in [1.807, 2.05) is 58.1 Å². The second kappa shape index (κ2) is 28.0. The van der Waals surface area contributed by atoms with Crippen molar-refractivity contribution in [1.82, 2.24) is 9.80 Å². The molecular formula is C55H86N2O14. The van der Waals surface area contributed by atoms with Crippen LogP contribution in [-0.4, -0.2) is 158 Å². The zero-order valence-electron chi connectivity index (χ0n) is 44.6. The molecule has 16 heteroatoms. The number of hydrogen-bond acceptors (Lipinski definition) is 15. The van der Waals surface area contributed by atoms with Crippen LogP contribution in [0, 0.1) is 35.5 Å². The van der Waals surface area contributed by atoms with Gasteiger partial charge in [-0.05, 0) is 121 Å². The van der Waals surface area contributed by atoms with Crippen molar-refractivity contribution < 1.29 is 67.4 Å². The lowest BCUT2D eigenvalue weighted by Crippen LogP contribution is -2.61. The first kappa shape index (κ1) is 59.7. The van der Waals surface area contributed by atoms with Gasteiger partial charge in [-0.2, -0.15) is 0 Å². The Labute approximate surface area is 422 Å². The summed E-state index contributed by atoms with van der Waals surface area (Å²) in [5.41, 5.74) is 1.30. The third-order valence-electron chi connectivity index (χ3n) is 15.2. The molecule has 1 amide bonds.